The first-order valence-corrected chi connectivity index (χ1v) is 7.73. The summed E-state index contributed by atoms with van der Waals surface area (Å²) in [6.45, 7) is 0.0968. The first-order valence-electron chi connectivity index (χ1n) is 7.73. The van der Waals surface area contributed by atoms with Crippen molar-refractivity contribution in [3.05, 3.63) is 54.1 Å². The number of hydrogen-bond donors (Lipinski definition) is 1. The van der Waals surface area contributed by atoms with E-state index in [9.17, 15) is 22.8 Å². The first-order chi connectivity index (χ1) is 12.3. The van der Waals surface area contributed by atoms with Gasteiger partial charge in [-0.1, -0.05) is 18.2 Å². The van der Waals surface area contributed by atoms with Gasteiger partial charge < -0.3 is 14.8 Å². The van der Waals surface area contributed by atoms with Crippen LogP contribution in [0.3, 0.4) is 0 Å². The number of fused-ring (bicyclic) bond motifs is 1. The Hall–Kier alpha value is -3.03. The second kappa shape index (κ2) is 7.07. The molecule has 1 atom stereocenters. The molecule has 1 unspecified atom stereocenters. The number of rotatable bonds is 4. The van der Waals surface area contributed by atoms with Gasteiger partial charge in [0.25, 0.3) is 5.91 Å². The fraction of sp³-hybridized carbons (Fsp3) is 0.222. The van der Waals surface area contributed by atoms with Crippen molar-refractivity contribution < 1.29 is 32.2 Å². The smallest absolute Gasteiger partial charge is 0.416 e. The molecular weight excluding hydrogens is 351 g/mol. The number of alkyl halides is 3. The summed E-state index contributed by atoms with van der Waals surface area (Å²) in [5.41, 5.74) is -1.02. The number of amides is 1. The first kappa shape index (κ1) is 17.8. The number of benzene rings is 2. The van der Waals surface area contributed by atoms with Gasteiger partial charge in [-0.3, -0.25) is 9.59 Å². The number of ether oxygens (including phenoxy) is 2. The normalized spacial score (nSPS) is 16.0. The second-order valence-corrected chi connectivity index (χ2v) is 5.66. The van der Waals surface area contributed by atoms with Crippen molar-refractivity contribution in [2.45, 2.75) is 18.7 Å². The van der Waals surface area contributed by atoms with Gasteiger partial charge in [-0.2, -0.15) is 13.2 Å². The largest absolute Gasteiger partial charge is 0.486 e. The molecule has 3 rings (SSSR count). The van der Waals surface area contributed by atoms with Crippen molar-refractivity contribution >= 4 is 17.4 Å². The summed E-state index contributed by atoms with van der Waals surface area (Å²) in [7, 11) is 0. The summed E-state index contributed by atoms with van der Waals surface area (Å²) in [6.07, 6.45) is -5.44. The van der Waals surface area contributed by atoms with Gasteiger partial charge in [-0.15, -0.1) is 0 Å². The summed E-state index contributed by atoms with van der Waals surface area (Å²) in [5.74, 6) is -0.804. The molecule has 0 fully saturated rings. The lowest BCUT2D eigenvalue weighted by Crippen LogP contribution is -2.35. The summed E-state index contributed by atoms with van der Waals surface area (Å²) in [4.78, 5) is 24.0. The minimum atomic E-state index is -4.54. The Labute approximate surface area is 146 Å². The maximum atomic E-state index is 12.7. The third-order valence-electron chi connectivity index (χ3n) is 3.68. The third-order valence-corrected chi connectivity index (χ3v) is 3.68. The summed E-state index contributed by atoms with van der Waals surface area (Å²) < 4.78 is 49.1. The van der Waals surface area contributed by atoms with E-state index in [0.717, 1.165) is 18.2 Å². The highest BCUT2D eigenvalue weighted by molar-refractivity contribution is 6.40. The number of ketones is 1. The molecule has 5 nitrogen and oxygen atoms in total. The van der Waals surface area contributed by atoms with E-state index in [1.807, 2.05) is 0 Å². The Morgan fingerprint density at radius 3 is 2.54 bits per heavy atom. The molecule has 0 saturated heterocycles. The minimum absolute atomic E-state index is 0.0968. The SMILES string of the molecule is O=C(CC1COc2ccccc2O1)C(=O)Nc1cccc(C(F)(F)F)c1. The van der Waals surface area contributed by atoms with E-state index in [0.29, 0.717) is 11.5 Å². The lowest BCUT2D eigenvalue weighted by Gasteiger charge is -2.25. The number of anilines is 1. The van der Waals surface area contributed by atoms with Crippen LogP contribution in [-0.2, 0) is 15.8 Å². The maximum absolute atomic E-state index is 12.7. The van der Waals surface area contributed by atoms with Crippen molar-refractivity contribution in [1.82, 2.24) is 0 Å². The summed E-state index contributed by atoms with van der Waals surface area (Å²) in [6, 6.07) is 11.0. The molecule has 0 radical (unpaired) electrons. The molecule has 2 aromatic carbocycles. The molecule has 0 aliphatic carbocycles. The van der Waals surface area contributed by atoms with Crippen LogP contribution in [0, 0.1) is 0 Å². The average Bonchev–Trinajstić information content (AvgIpc) is 2.61. The van der Waals surface area contributed by atoms with Crippen molar-refractivity contribution in [3.8, 4) is 11.5 Å². The van der Waals surface area contributed by atoms with E-state index in [-0.39, 0.29) is 18.7 Å². The molecule has 136 valence electrons. The second-order valence-electron chi connectivity index (χ2n) is 5.66. The summed E-state index contributed by atoms with van der Waals surface area (Å²) in [5, 5.41) is 2.18. The number of nitrogens with one attached hydrogen (secondary N) is 1. The lowest BCUT2D eigenvalue weighted by molar-refractivity contribution is -0.137. The Morgan fingerprint density at radius 2 is 1.81 bits per heavy atom. The summed E-state index contributed by atoms with van der Waals surface area (Å²) >= 11 is 0. The topological polar surface area (TPSA) is 64.6 Å². The van der Waals surface area contributed by atoms with Gasteiger partial charge in [-0.05, 0) is 30.3 Å². The quantitative estimate of drug-likeness (QED) is 0.843. The number of Topliss-reactive ketones (excluding diaryl/α,β-unsaturated/α-hetero) is 1. The van der Waals surface area contributed by atoms with Crippen LogP contribution in [-0.4, -0.2) is 24.4 Å². The number of carbonyl (C=O) groups excluding carboxylic acids is 2. The van der Waals surface area contributed by atoms with Crippen molar-refractivity contribution in [1.29, 1.82) is 0 Å². The molecule has 0 aromatic heterocycles. The number of halogens is 3. The van der Waals surface area contributed by atoms with Crippen molar-refractivity contribution in [2.75, 3.05) is 11.9 Å². The zero-order valence-corrected chi connectivity index (χ0v) is 13.4. The Morgan fingerprint density at radius 1 is 1.08 bits per heavy atom. The highest BCUT2D eigenvalue weighted by Crippen LogP contribution is 2.32. The Bertz CT molecular complexity index is 835. The highest BCUT2D eigenvalue weighted by Gasteiger charge is 2.31. The van der Waals surface area contributed by atoms with Gasteiger partial charge in [-0.25, -0.2) is 0 Å². The van der Waals surface area contributed by atoms with E-state index in [4.69, 9.17) is 9.47 Å². The van der Waals surface area contributed by atoms with Gasteiger partial charge in [0, 0.05) is 5.69 Å². The van der Waals surface area contributed by atoms with Crippen LogP contribution in [0.1, 0.15) is 12.0 Å². The molecule has 1 aliphatic rings. The zero-order valence-electron chi connectivity index (χ0n) is 13.4. The van der Waals surface area contributed by atoms with Gasteiger partial charge in [0.1, 0.15) is 12.7 Å². The maximum Gasteiger partial charge on any atom is 0.416 e. The predicted molar refractivity (Wildman–Crippen MR) is 86.1 cm³/mol. The van der Waals surface area contributed by atoms with Crippen LogP contribution in [0.15, 0.2) is 48.5 Å². The number of hydrogen-bond acceptors (Lipinski definition) is 4. The molecule has 26 heavy (non-hydrogen) atoms. The monoisotopic (exact) mass is 365 g/mol. The van der Waals surface area contributed by atoms with Gasteiger partial charge in [0.05, 0.1) is 12.0 Å². The van der Waals surface area contributed by atoms with Crippen LogP contribution in [0.25, 0.3) is 0 Å². The van der Waals surface area contributed by atoms with E-state index >= 15 is 0 Å². The lowest BCUT2D eigenvalue weighted by atomic mass is 10.1. The highest BCUT2D eigenvalue weighted by atomic mass is 19.4. The van der Waals surface area contributed by atoms with E-state index in [1.165, 1.54) is 6.07 Å². The molecular formula is C18H14F3NO4. The van der Waals surface area contributed by atoms with Crippen LogP contribution in [0.4, 0.5) is 18.9 Å². The van der Waals surface area contributed by atoms with Crippen LogP contribution in [0.2, 0.25) is 0 Å². The molecule has 1 heterocycles. The molecule has 0 bridgehead atoms. The molecule has 0 spiro atoms. The minimum Gasteiger partial charge on any atom is -0.486 e. The van der Waals surface area contributed by atoms with Crippen LogP contribution < -0.4 is 14.8 Å². The van der Waals surface area contributed by atoms with Crippen LogP contribution in [0.5, 0.6) is 11.5 Å². The van der Waals surface area contributed by atoms with Crippen molar-refractivity contribution in [3.63, 3.8) is 0 Å². The van der Waals surface area contributed by atoms with Crippen LogP contribution >= 0.6 is 0 Å². The molecule has 2 aromatic rings. The number of para-hydroxylation sites is 2. The van der Waals surface area contributed by atoms with E-state index in [1.54, 1.807) is 24.3 Å². The molecule has 0 saturated carbocycles. The third kappa shape index (κ3) is 4.14. The van der Waals surface area contributed by atoms with Gasteiger partial charge >= 0.3 is 6.18 Å². The fourth-order valence-electron chi connectivity index (χ4n) is 2.44. The van der Waals surface area contributed by atoms with Crippen molar-refractivity contribution in [2.24, 2.45) is 0 Å². The Kier molecular flexibility index (Phi) is 4.83. The van der Waals surface area contributed by atoms with Gasteiger partial charge in [0.15, 0.2) is 11.5 Å². The molecule has 1 amide bonds. The number of carbonyl (C=O) groups is 2. The van der Waals surface area contributed by atoms with E-state index in [2.05, 4.69) is 5.32 Å². The molecule has 1 N–H and O–H groups in total. The predicted octanol–water partition coefficient (Wildman–Crippen LogP) is 3.44. The standard InChI is InChI=1S/C18H14F3NO4/c19-18(20,21)11-4-3-5-12(8-11)22-17(24)14(23)9-13-10-25-15-6-1-2-7-16(15)26-13/h1-8,13H,9-10H2,(H,22,24). The zero-order chi connectivity index (χ0) is 18.7. The van der Waals surface area contributed by atoms with Gasteiger partial charge in [0.2, 0.25) is 5.78 Å². The average molecular weight is 365 g/mol. The Balaban J connectivity index is 1.60. The fourth-order valence-corrected chi connectivity index (χ4v) is 2.44. The molecule has 8 heteroatoms. The van der Waals surface area contributed by atoms with E-state index < -0.39 is 29.5 Å². The molecule has 1 aliphatic heterocycles.